The number of furan rings is 1. The molecule has 2 aromatic heterocycles. The molecule has 0 aliphatic rings. The Morgan fingerprint density at radius 3 is 2.74 bits per heavy atom. The molecule has 0 spiro atoms. The van der Waals surface area contributed by atoms with Gasteiger partial charge in [0.05, 0.1) is 24.4 Å². The quantitative estimate of drug-likeness (QED) is 0.597. The molecule has 0 atom stereocenters. The first kappa shape index (κ1) is 19.2. The Kier molecular flexibility index (Phi) is 5.98. The van der Waals surface area contributed by atoms with E-state index >= 15 is 0 Å². The minimum Gasteiger partial charge on any atom is -0.478 e. The molecule has 6 nitrogen and oxygen atoms in total. The predicted molar refractivity (Wildman–Crippen MR) is 102 cm³/mol. The van der Waals surface area contributed by atoms with Gasteiger partial charge in [-0.3, -0.25) is 0 Å². The lowest BCUT2D eigenvalue weighted by Crippen LogP contribution is -2.08. The molecule has 0 saturated heterocycles. The molecule has 2 heterocycles. The van der Waals surface area contributed by atoms with E-state index in [0.29, 0.717) is 34.5 Å². The summed E-state index contributed by atoms with van der Waals surface area (Å²) in [4.78, 5) is 15.8. The van der Waals surface area contributed by atoms with Crippen LogP contribution >= 0.6 is 11.6 Å². The molecule has 27 heavy (non-hydrogen) atoms. The summed E-state index contributed by atoms with van der Waals surface area (Å²) in [5.74, 6) is 0.908. The van der Waals surface area contributed by atoms with Gasteiger partial charge in [-0.1, -0.05) is 43.1 Å². The van der Waals surface area contributed by atoms with E-state index in [-0.39, 0.29) is 12.2 Å². The second-order valence-electron chi connectivity index (χ2n) is 6.23. The van der Waals surface area contributed by atoms with Crippen LogP contribution in [-0.2, 0) is 19.6 Å². The summed E-state index contributed by atoms with van der Waals surface area (Å²) in [6.45, 7) is 2.25. The number of nitrogens with zero attached hydrogens (tertiary/aromatic N) is 2. The highest BCUT2D eigenvalue weighted by Crippen LogP contribution is 2.27. The van der Waals surface area contributed by atoms with Crippen molar-refractivity contribution in [3.63, 3.8) is 0 Å². The van der Waals surface area contributed by atoms with Crippen LogP contribution in [0.5, 0.6) is 0 Å². The average Bonchev–Trinajstić information content (AvgIpc) is 3.24. The molecule has 3 aromatic rings. The van der Waals surface area contributed by atoms with Crippen molar-refractivity contribution < 1.29 is 19.4 Å². The van der Waals surface area contributed by atoms with Gasteiger partial charge in [-0.15, -0.1) is 0 Å². The van der Waals surface area contributed by atoms with Crippen LogP contribution in [-0.4, -0.2) is 25.7 Å². The molecule has 0 saturated carbocycles. The molecule has 0 aliphatic heterocycles. The van der Waals surface area contributed by atoms with E-state index in [9.17, 15) is 15.0 Å². The molecule has 0 unspecified atom stereocenters. The normalized spacial score (nSPS) is 11.1. The average molecular weight is 389 g/mol. The summed E-state index contributed by atoms with van der Waals surface area (Å²) in [6, 6.07) is 10.3. The number of aromatic carboxylic acids is 1. The van der Waals surface area contributed by atoms with Gasteiger partial charge in [0.1, 0.15) is 17.3 Å². The maximum Gasteiger partial charge on any atom is 0.336 e. The largest absolute Gasteiger partial charge is 0.478 e. The predicted octanol–water partition coefficient (Wildman–Crippen LogP) is 4.38. The lowest BCUT2D eigenvalue weighted by atomic mass is 10.1. The second kappa shape index (κ2) is 8.41. The number of rotatable bonds is 8. The fourth-order valence-corrected chi connectivity index (χ4v) is 3.28. The third-order valence-corrected chi connectivity index (χ3v) is 4.71. The summed E-state index contributed by atoms with van der Waals surface area (Å²) >= 11 is 6.16. The molecule has 0 radical (unpaired) electrons. The number of aliphatic hydroxyl groups is 1. The Labute approximate surface area is 162 Å². The molecule has 2 N–H and O–H groups in total. The third-order valence-electron chi connectivity index (χ3n) is 4.40. The second-order valence-corrected chi connectivity index (χ2v) is 6.59. The Bertz CT molecular complexity index is 945. The summed E-state index contributed by atoms with van der Waals surface area (Å²) < 4.78 is 7.76. The van der Waals surface area contributed by atoms with E-state index in [2.05, 4.69) is 11.9 Å². The van der Waals surface area contributed by atoms with Gasteiger partial charge in [0, 0.05) is 12.0 Å². The molecule has 7 heteroatoms. The SMILES string of the molecule is CCCCc1nc(Cl)c(CO)n1Cc1ccc(-c2ccccc2C(=O)O)o1. The van der Waals surface area contributed by atoms with E-state index in [1.165, 1.54) is 0 Å². The lowest BCUT2D eigenvalue weighted by Gasteiger charge is -2.09. The van der Waals surface area contributed by atoms with Crippen molar-refractivity contribution in [3.8, 4) is 11.3 Å². The van der Waals surface area contributed by atoms with Crippen molar-refractivity contribution in [2.45, 2.75) is 39.3 Å². The zero-order chi connectivity index (χ0) is 19.4. The Morgan fingerprint density at radius 2 is 2.04 bits per heavy atom. The first-order chi connectivity index (χ1) is 13.0. The van der Waals surface area contributed by atoms with E-state index in [1.807, 2.05) is 4.57 Å². The van der Waals surface area contributed by atoms with Crippen molar-refractivity contribution in [3.05, 3.63) is 64.4 Å². The number of carboxylic acids is 1. The molecule has 0 amide bonds. The van der Waals surface area contributed by atoms with Crippen LogP contribution < -0.4 is 0 Å². The van der Waals surface area contributed by atoms with E-state index in [1.54, 1.807) is 36.4 Å². The van der Waals surface area contributed by atoms with E-state index in [4.69, 9.17) is 16.0 Å². The van der Waals surface area contributed by atoms with Crippen molar-refractivity contribution in [2.75, 3.05) is 0 Å². The van der Waals surface area contributed by atoms with E-state index < -0.39 is 5.97 Å². The van der Waals surface area contributed by atoms with Crippen molar-refractivity contribution in [1.29, 1.82) is 0 Å². The molecule has 142 valence electrons. The molecule has 0 fully saturated rings. The number of aromatic nitrogens is 2. The molecule has 3 rings (SSSR count). The number of carbonyl (C=O) groups is 1. The number of imidazole rings is 1. The van der Waals surface area contributed by atoms with Gasteiger partial charge >= 0.3 is 5.97 Å². The van der Waals surface area contributed by atoms with Gasteiger partial charge < -0.3 is 19.2 Å². The lowest BCUT2D eigenvalue weighted by molar-refractivity contribution is 0.0697. The topological polar surface area (TPSA) is 88.5 Å². The highest BCUT2D eigenvalue weighted by molar-refractivity contribution is 6.30. The minimum absolute atomic E-state index is 0.184. The number of halogens is 1. The monoisotopic (exact) mass is 388 g/mol. The van der Waals surface area contributed by atoms with Gasteiger partial charge in [0.25, 0.3) is 0 Å². The van der Waals surface area contributed by atoms with Gasteiger partial charge in [-0.25, -0.2) is 9.78 Å². The van der Waals surface area contributed by atoms with Crippen LogP contribution in [0.1, 0.15) is 47.4 Å². The molecule has 1 aromatic carbocycles. The maximum absolute atomic E-state index is 11.4. The summed E-state index contributed by atoms with van der Waals surface area (Å²) in [5, 5.41) is 19.3. The molecular weight excluding hydrogens is 368 g/mol. The number of aryl methyl sites for hydroxylation is 1. The van der Waals surface area contributed by atoms with Crippen LogP contribution in [0.25, 0.3) is 11.3 Å². The van der Waals surface area contributed by atoms with Gasteiger partial charge in [0.15, 0.2) is 5.15 Å². The van der Waals surface area contributed by atoms with E-state index in [0.717, 1.165) is 25.1 Å². The zero-order valence-electron chi connectivity index (χ0n) is 15.0. The van der Waals surface area contributed by atoms with Gasteiger partial charge in [-0.2, -0.15) is 0 Å². The molecular formula is C20H21ClN2O4. The van der Waals surface area contributed by atoms with Crippen LogP contribution in [0.2, 0.25) is 5.15 Å². The van der Waals surface area contributed by atoms with Crippen molar-refractivity contribution in [1.82, 2.24) is 9.55 Å². The molecule has 0 bridgehead atoms. The summed E-state index contributed by atoms with van der Waals surface area (Å²) in [5.41, 5.74) is 1.25. The number of unbranched alkanes of at least 4 members (excludes halogenated alkanes) is 1. The van der Waals surface area contributed by atoms with Crippen LogP contribution in [0.4, 0.5) is 0 Å². The molecule has 0 aliphatic carbocycles. The van der Waals surface area contributed by atoms with Crippen molar-refractivity contribution in [2.24, 2.45) is 0 Å². The zero-order valence-corrected chi connectivity index (χ0v) is 15.7. The van der Waals surface area contributed by atoms with Gasteiger partial charge in [-0.05, 0) is 24.6 Å². The Balaban J connectivity index is 1.92. The summed E-state index contributed by atoms with van der Waals surface area (Å²) in [6.07, 6.45) is 2.75. The number of hydrogen-bond acceptors (Lipinski definition) is 4. The third kappa shape index (κ3) is 4.07. The van der Waals surface area contributed by atoms with Gasteiger partial charge in [0.2, 0.25) is 0 Å². The fraction of sp³-hybridized carbons (Fsp3) is 0.300. The van der Waals surface area contributed by atoms with Crippen LogP contribution in [0.15, 0.2) is 40.8 Å². The van der Waals surface area contributed by atoms with Crippen molar-refractivity contribution >= 4 is 17.6 Å². The first-order valence-corrected chi connectivity index (χ1v) is 9.19. The number of carboxylic acid groups (broad SMARTS) is 1. The van der Waals surface area contributed by atoms with Crippen LogP contribution in [0, 0.1) is 0 Å². The Hall–Kier alpha value is -2.57. The maximum atomic E-state index is 11.4. The fourth-order valence-electron chi connectivity index (χ4n) is 3.02. The standard InChI is InChI=1S/C20H21ClN2O4/c1-2-3-8-18-22-19(21)16(12-24)23(18)11-13-9-10-17(27-13)14-6-4-5-7-15(14)20(25)26/h4-7,9-10,24H,2-3,8,11-12H2,1H3,(H,25,26). The smallest absolute Gasteiger partial charge is 0.336 e. The van der Waals surface area contributed by atoms with Crippen LogP contribution in [0.3, 0.4) is 0 Å². The number of benzene rings is 1. The Morgan fingerprint density at radius 1 is 1.26 bits per heavy atom. The number of hydrogen-bond donors (Lipinski definition) is 2. The summed E-state index contributed by atoms with van der Waals surface area (Å²) in [7, 11) is 0. The minimum atomic E-state index is -1.01. The highest BCUT2D eigenvalue weighted by atomic mass is 35.5. The first-order valence-electron chi connectivity index (χ1n) is 8.81. The number of aliphatic hydroxyl groups excluding tert-OH is 1. The highest BCUT2D eigenvalue weighted by Gasteiger charge is 2.18.